The molecule has 0 fully saturated rings. The predicted octanol–water partition coefficient (Wildman–Crippen LogP) is 3.13. The zero-order chi connectivity index (χ0) is 15.9. The van der Waals surface area contributed by atoms with Crippen molar-refractivity contribution in [2.75, 3.05) is 13.1 Å². The minimum Gasteiger partial charge on any atom is -0.207 e. The summed E-state index contributed by atoms with van der Waals surface area (Å²) in [6, 6.07) is 6.76. The van der Waals surface area contributed by atoms with Crippen LogP contribution < -0.4 is 0 Å². The lowest BCUT2D eigenvalue weighted by molar-refractivity contribution is 0.478. The van der Waals surface area contributed by atoms with Crippen LogP contribution in [0.15, 0.2) is 46.5 Å². The second-order valence-corrected chi connectivity index (χ2v) is 6.74. The minimum absolute atomic E-state index is 0.0412. The molecule has 0 aliphatic carbocycles. The smallest absolute Gasteiger partial charge is 0.207 e. The molecule has 1 rings (SSSR count). The van der Waals surface area contributed by atoms with E-state index in [1.807, 2.05) is 20.8 Å². The van der Waals surface area contributed by atoms with E-state index >= 15 is 0 Å². The second-order valence-electron chi connectivity index (χ2n) is 4.80. The summed E-state index contributed by atoms with van der Waals surface area (Å²) in [4.78, 5) is 0.257. The van der Waals surface area contributed by atoms with E-state index < -0.39 is 10.0 Å². The molecule has 0 N–H and O–H groups in total. The van der Waals surface area contributed by atoms with E-state index in [4.69, 9.17) is 6.42 Å². The number of terminal acetylenes is 1. The highest BCUT2D eigenvalue weighted by Crippen LogP contribution is 2.16. The van der Waals surface area contributed by atoms with E-state index in [0.717, 1.165) is 17.6 Å². The Labute approximate surface area is 128 Å². The summed E-state index contributed by atoms with van der Waals surface area (Å²) in [5, 5.41) is 0. The van der Waals surface area contributed by atoms with Crippen LogP contribution in [0.3, 0.4) is 0 Å². The first-order chi connectivity index (χ1) is 9.91. The Morgan fingerprint density at radius 1 is 1.33 bits per heavy atom. The largest absolute Gasteiger partial charge is 0.244 e. The van der Waals surface area contributed by atoms with Gasteiger partial charge in [-0.05, 0) is 44.1 Å². The molecule has 4 heteroatoms. The molecule has 112 valence electrons. The molecular formula is C17H21NO2S. The van der Waals surface area contributed by atoms with E-state index in [9.17, 15) is 8.42 Å². The Hall–Kier alpha value is -1.79. The first-order valence-corrected chi connectivity index (χ1v) is 8.26. The molecule has 3 nitrogen and oxygen atoms in total. The Bertz CT molecular complexity index is 672. The highest BCUT2D eigenvalue weighted by Gasteiger charge is 2.22. The van der Waals surface area contributed by atoms with Crippen molar-refractivity contribution >= 4 is 10.0 Å². The molecule has 0 amide bonds. The normalized spacial score (nSPS) is 10.8. The van der Waals surface area contributed by atoms with Gasteiger partial charge in [-0.3, -0.25) is 0 Å². The molecule has 21 heavy (non-hydrogen) atoms. The average Bonchev–Trinajstić information content (AvgIpc) is 2.46. The van der Waals surface area contributed by atoms with Gasteiger partial charge < -0.3 is 0 Å². The maximum Gasteiger partial charge on any atom is 0.244 e. The second kappa shape index (κ2) is 7.85. The first kappa shape index (κ1) is 17.3. The highest BCUT2D eigenvalue weighted by atomic mass is 32.2. The van der Waals surface area contributed by atoms with Crippen molar-refractivity contribution in [1.29, 1.82) is 0 Å². The van der Waals surface area contributed by atoms with Crippen LogP contribution in [-0.4, -0.2) is 25.8 Å². The first-order valence-electron chi connectivity index (χ1n) is 6.82. The van der Waals surface area contributed by atoms with E-state index in [1.54, 1.807) is 30.3 Å². The number of hydrogen-bond donors (Lipinski definition) is 0. The fraction of sp³-hybridized carbons (Fsp3) is 0.353. The number of benzene rings is 1. The fourth-order valence-corrected chi connectivity index (χ4v) is 2.93. The van der Waals surface area contributed by atoms with Gasteiger partial charge in [0.05, 0.1) is 11.4 Å². The fourth-order valence-electron chi connectivity index (χ4n) is 1.63. The molecule has 0 saturated heterocycles. The SMILES string of the molecule is C#CCN(CC=C=C(C)CC)S(=O)(=O)c1ccc(C)cc1. The molecule has 0 saturated carbocycles. The van der Waals surface area contributed by atoms with Crippen LogP contribution >= 0.6 is 0 Å². The third-order valence-electron chi connectivity index (χ3n) is 3.10. The van der Waals surface area contributed by atoms with Crippen LogP contribution in [0, 0.1) is 19.3 Å². The van der Waals surface area contributed by atoms with Crippen molar-refractivity contribution in [3.63, 3.8) is 0 Å². The van der Waals surface area contributed by atoms with Gasteiger partial charge in [-0.1, -0.05) is 30.5 Å². The molecule has 0 unspecified atom stereocenters. The van der Waals surface area contributed by atoms with Crippen molar-refractivity contribution in [3.05, 3.63) is 47.2 Å². The number of aryl methyl sites for hydroxylation is 1. The quantitative estimate of drug-likeness (QED) is 0.598. The van der Waals surface area contributed by atoms with Crippen LogP contribution in [0.25, 0.3) is 0 Å². The molecule has 1 aromatic carbocycles. The molecule has 0 radical (unpaired) electrons. The third kappa shape index (κ3) is 4.91. The van der Waals surface area contributed by atoms with E-state index in [1.165, 1.54) is 4.31 Å². The number of rotatable bonds is 6. The molecular weight excluding hydrogens is 282 g/mol. The molecule has 0 aliphatic rings. The number of sulfonamides is 1. The average molecular weight is 303 g/mol. The van der Waals surface area contributed by atoms with Gasteiger partial charge in [0.1, 0.15) is 0 Å². The van der Waals surface area contributed by atoms with Gasteiger partial charge in [0.2, 0.25) is 10.0 Å². The monoisotopic (exact) mass is 303 g/mol. The van der Waals surface area contributed by atoms with Gasteiger partial charge in [0.15, 0.2) is 0 Å². The summed E-state index contributed by atoms with van der Waals surface area (Å²) in [5.41, 5.74) is 5.16. The molecule has 0 heterocycles. The minimum atomic E-state index is -3.57. The van der Waals surface area contributed by atoms with Crippen molar-refractivity contribution < 1.29 is 8.42 Å². The maximum absolute atomic E-state index is 12.6. The lowest BCUT2D eigenvalue weighted by Crippen LogP contribution is -2.31. The van der Waals surface area contributed by atoms with Crippen molar-refractivity contribution in [2.45, 2.75) is 32.1 Å². The van der Waals surface area contributed by atoms with Gasteiger partial charge in [-0.25, -0.2) is 8.42 Å². The standard InChI is InChI=1S/C17H21NO2S/c1-5-13-18(14-7-8-15(3)6-2)21(19,20)17-11-9-16(4)10-12-17/h1,7,9-12H,6,13-14H2,2-4H3. The molecule has 0 aliphatic heterocycles. The number of nitrogens with zero attached hydrogens (tertiary/aromatic N) is 1. The summed E-state index contributed by atoms with van der Waals surface area (Å²) in [7, 11) is -3.57. The van der Waals surface area contributed by atoms with Crippen LogP contribution in [0.4, 0.5) is 0 Å². The van der Waals surface area contributed by atoms with E-state index in [0.29, 0.717) is 0 Å². The van der Waals surface area contributed by atoms with Crippen molar-refractivity contribution in [3.8, 4) is 12.3 Å². The van der Waals surface area contributed by atoms with Gasteiger partial charge in [0, 0.05) is 6.54 Å². The molecule has 0 bridgehead atoms. The van der Waals surface area contributed by atoms with Gasteiger partial charge >= 0.3 is 0 Å². The topological polar surface area (TPSA) is 37.4 Å². The molecule has 0 spiro atoms. The Kier molecular flexibility index (Phi) is 6.45. The lowest BCUT2D eigenvalue weighted by atomic mass is 10.2. The molecule has 0 aromatic heterocycles. The summed E-state index contributed by atoms with van der Waals surface area (Å²) >= 11 is 0. The van der Waals surface area contributed by atoms with E-state index in [-0.39, 0.29) is 18.0 Å². The molecule has 1 aromatic rings. The lowest BCUT2D eigenvalue weighted by Gasteiger charge is -2.18. The Morgan fingerprint density at radius 3 is 2.48 bits per heavy atom. The van der Waals surface area contributed by atoms with Crippen molar-refractivity contribution in [2.24, 2.45) is 0 Å². The molecule has 0 atom stereocenters. The third-order valence-corrected chi connectivity index (χ3v) is 4.93. The van der Waals surface area contributed by atoms with Crippen LogP contribution in [0.5, 0.6) is 0 Å². The summed E-state index contributed by atoms with van der Waals surface area (Å²) in [6.07, 6.45) is 7.89. The highest BCUT2D eigenvalue weighted by molar-refractivity contribution is 7.89. The summed E-state index contributed by atoms with van der Waals surface area (Å²) in [6.45, 7) is 6.16. The van der Waals surface area contributed by atoms with Crippen LogP contribution in [-0.2, 0) is 10.0 Å². The Balaban J connectivity index is 3.07. The van der Waals surface area contributed by atoms with Crippen LogP contribution in [0.2, 0.25) is 0 Å². The zero-order valence-electron chi connectivity index (χ0n) is 12.8. The Morgan fingerprint density at radius 2 is 1.95 bits per heavy atom. The maximum atomic E-state index is 12.6. The van der Waals surface area contributed by atoms with Gasteiger partial charge in [-0.2, -0.15) is 4.31 Å². The van der Waals surface area contributed by atoms with E-state index in [2.05, 4.69) is 11.7 Å². The summed E-state index contributed by atoms with van der Waals surface area (Å²) < 4.78 is 26.4. The van der Waals surface area contributed by atoms with Crippen LogP contribution in [0.1, 0.15) is 25.8 Å². The zero-order valence-corrected chi connectivity index (χ0v) is 13.6. The predicted molar refractivity (Wildman–Crippen MR) is 86.3 cm³/mol. The summed E-state index contributed by atoms with van der Waals surface area (Å²) in [5.74, 6) is 2.40. The van der Waals surface area contributed by atoms with Gasteiger partial charge in [-0.15, -0.1) is 12.2 Å². The van der Waals surface area contributed by atoms with Gasteiger partial charge in [0.25, 0.3) is 0 Å². The number of hydrogen-bond acceptors (Lipinski definition) is 2. The van der Waals surface area contributed by atoms with Crippen molar-refractivity contribution in [1.82, 2.24) is 4.31 Å².